The SMILES string of the molecule is COc1cccc(C(=O)N2CCc3nc(NC(=O)c4ccoc4)sc3C2)c1OC. The molecule has 0 saturated heterocycles. The van der Waals surface area contributed by atoms with E-state index in [1.807, 2.05) is 0 Å². The minimum Gasteiger partial charge on any atom is -0.493 e. The van der Waals surface area contributed by atoms with Gasteiger partial charge in [0.25, 0.3) is 11.8 Å². The minimum absolute atomic E-state index is 0.135. The van der Waals surface area contributed by atoms with Crippen molar-refractivity contribution in [2.75, 3.05) is 26.1 Å². The lowest BCUT2D eigenvalue weighted by atomic mass is 10.1. The highest BCUT2D eigenvalue weighted by Crippen LogP contribution is 2.34. The number of furan rings is 1. The van der Waals surface area contributed by atoms with Crippen molar-refractivity contribution in [1.82, 2.24) is 9.88 Å². The number of fused-ring (bicyclic) bond motifs is 1. The second-order valence-corrected chi connectivity index (χ2v) is 7.46. The van der Waals surface area contributed by atoms with E-state index in [1.165, 1.54) is 38.1 Å². The largest absolute Gasteiger partial charge is 0.493 e. The fourth-order valence-electron chi connectivity index (χ4n) is 3.21. The number of hydrogen-bond donors (Lipinski definition) is 1. The van der Waals surface area contributed by atoms with E-state index in [0.29, 0.717) is 47.3 Å². The molecule has 0 bridgehead atoms. The fraction of sp³-hybridized carbons (Fsp3) is 0.250. The summed E-state index contributed by atoms with van der Waals surface area (Å²) in [5.74, 6) is 0.518. The Hall–Kier alpha value is -3.33. The molecule has 4 rings (SSSR count). The number of benzene rings is 1. The number of rotatable bonds is 5. The summed E-state index contributed by atoms with van der Waals surface area (Å²) in [6.07, 6.45) is 3.44. The van der Waals surface area contributed by atoms with Crippen molar-refractivity contribution in [3.63, 3.8) is 0 Å². The Morgan fingerprint density at radius 1 is 1.24 bits per heavy atom. The smallest absolute Gasteiger partial charge is 0.260 e. The molecule has 1 N–H and O–H groups in total. The van der Waals surface area contributed by atoms with Crippen molar-refractivity contribution in [2.24, 2.45) is 0 Å². The molecule has 29 heavy (non-hydrogen) atoms. The van der Waals surface area contributed by atoms with E-state index in [2.05, 4.69) is 10.3 Å². The van der Waals surface area contributed by atoms with E-state index < -0.39 is 0 Å². The standard InChI is InChI=1S/C20H19N3O5S/c1-26-15-5-3-4-13(17(15)27-2)19(25)23-8-6-14-16(10-23)29-20(21-14)22-18(24)12-7-9-28-11-12/h3-5,7,9,11H,6,8,10H2,1-2H3,(H,21,22,24). The van der Waals surface area contributed by atoms with Gasteiger partial charge in [-0.25, -0.2) is 4.98 Å². The molecule has 9 heteroatoms. The van der Waals surface area contributed by atoms with E-state index in [-0.39, 0.29) is 11.8 Å². The summed E-state index contributed by atoms with van der Waals surface area (Å²) in [4.78, 5) is 32.5. The van der Waals surface area contributed by atoms with Gasteiger partial charge in [-0.05, 0) is 18.2 Å². The first-order valence-corrected chi connectivity index (χ1v) is 9.74. The minimum atomic E-state index is -0.279. The Kier molecular flexibility index (Phi) is 5.22. The summed E-state index contributed by atoms with van der Waals surface area (Å²) in [6.45, 7) is 0.957. The van der Waals surface area contributed by atoms with Gasteiger partial charge in [-0.15, -0.1) is 0 Å². The molecule has 1 aliphatic heterocycles. The van der Waals surface area contributed by atoms with E-state index in [1.54, 1.807) is 29.2 Å². The first kappa shape index (κ1) is 19.0. The Bertz CT molecular complexity index is 1040. The third-order valence-corrected chi connectivity index (χ3v) is 5.65. The first-order chi connectivity index (χ1) is 14.1. The quantitative estimate of drug-likeness (QED) is 0.690. The molecule has 2 amide bonds. The van der Waals surface area contributed by atoms with E-state index >= 15 is 0 Å². The van der Waals surface area contributed by atoms with Gasteiger partial charge in [0.2, 0.25) is 0 Å². The summed E-state index contributed by atoms with van der Waals surface area (Å²) >= 11 is 1.37. The number of hydrogen-bond acceptors (Lipinski definition) is 7. The van der Waals surface area contributed by atoms with Gasteiger partial charge in [0.15, 0.2) is 16.6 Å². The van der Waals surface area contributed by atoms with Crippen molar-refractivity contribution in [3.8, 4) is 11.5 Å². The molecule has 0 saturated carbocycles. The molecule has 0 fully saturated rings. The van der Waals surface area contributed by atoms with Crippen molar-refractivity contribution in [2.45, 2.75) is 13.0 Å². The normalized spacial score (nSPS) is 13.0. The summed E-state index contributed by atoms with van der Waals surface area (Å²) in [6, 6.07) is 6.83. The number of anilines is 1. The highest BCUT2D eigenvalue weighted by Gasteiger charge is 2.28. The number of thiazole rings is 1. The molecule has 2 aromatic heterocycles. The highest BCUT2D eigenvalue weighted by molar-refractivity contribution is 7.15. The lowest BCUT2D eigenvalue weighted by molar-refractivity contribution is 0.0732. The predicted molar refractivity (Wildman–Crippen MR) is 107 cm³/mol. The van der Waals surface area contributed by atoms with Crippen molar-refractivity contribution >= 4 is 28.3 Å². The zero-order chi connectivity index (χ0) is 20.4. The van der Waals surface area contributed by atoms with Crippen LogP contribution >= 0.6 is 11.3 Å². The van der Waals surface area contributed by atoms with Crippen molar-refractivity contribution < 1.29 is 23.5 Å². The summed E-state index contributed by atoms with van der Waals surface area (Å²) < 4.78 is 15.6. The number of carbonyl (C=O) groups is 2. The first-order valence-electron chi connectivity index (χ1n) is 8.93. The average molecular weight is 413 g/mol. The van der Waals surface area contributed by atoms with Gasteiger partial charge in [0.05, 0.1) is 43.8 Å². The van der Waals surface area contributed by atoms with Crippen molar-refractivity contribution in [3.05, 3.63) is 58.5 Å². The molecule has 150 valence electrons. The van der Waals surface area contributed by atoms with Crippen LogP contribution < -0.4 is 14.8 Å². The Balaban J connectivity index is 1.51. The van der Waals surface area contributed by atoms with Gasteiger partial charge < -0.3 is 18.8 Å². The Morgan fingerprint density at radius 2 is 2.10 bits per heavy atom. The number of amides is 2. The van der Waals surface area contributed by atoms with Crippen molar-refractivity contribution in [1.29, 1.82) is 0 Å². The maximum atomic E-state index is 13.1. The van der Waals surface area contributed by atoms with Crippen LogP contribution in [0.5, 0.6) is 11.5 Å². The predicted octanol–water partition coefficient (Wildman–Crippen LogP) is 3.20. The van der Waals surface area contributed by atoms with E-state index in [4.69, 9.17) is 13.9 Å². The van der Waals surface area contributed by atoms with E-state index in [9.17, 15) is 9.59 Å². The molecular formula is C20H19N3O5S. The second kappa shape index (κ2) is 7.96. The van der Waals surface area contributed by atoms with Gasteiger partial charge in [0, 0.05) is 17.8 Å². The molecular weight excluding hydrogens is 394 g/mol. The van der Waals surface area contributed by atoms with Gasteiger partial charge in [-0.1, -0.05) is 17.4 Å². The van der Waals surface area contributed by atoms with Crippen LogP contribution in [0.1, 0.15) is 31.3 Å². The lowest BCUT2D eigenvalue weighted by Crippen LogP contribution is -2.35. The number of methoxy groups -OCH3 is 2. The van der Waals surface area contributed by atoms with Crippen LogP contribution in [-0.4, -0.2) is 42.5 Å². The molecule has 0 spiro atoms. The number of nitrogens with zero attached hydrogens (tertiary/aromatic N) is 2. The van der Waals surface area contributed by atoms with E-state index in [0.717, 1.165) is 10.6 Å². The molecule has 3 aromatic rings. The molecule has 0 radical (unpaired) electrons. The molecule has 8 nitrogen and oxygen atoms in total. The van der Waals surface area contributed by atoms with Crippen LogP contribution in [0, 0.1) is 0 Å². The lowest BCUT2D eigenvalue weighted by Gasteiger charge is -2.27. The number of carbonyl (C=O) groups excluding carboxylic acids is 2. The summed E-state index contributed by atoms with van der Waals surface area (Å²) in [5, 5.41) is 3.29. The number of ether oxygens (including phenoxy) is 2. The zero-order valence-electron chi connectivity index (χ0n) is 15.9. The molecule has 1 aliphatic rings. The van der Waals surface area contributed by atoms with Crippen LogP contribution in [0.4, 0.5) is 5.13 Å². The Morgan fingerprint density at radius 3 is 2.83 bits per heavy atom. The molecule has 3 heterocycles. The van der Waals surface area contributed by atoms with Gasteiger partial charge in [-0.2, -0.15) is 0 Å². The third-order valence-electron chi connectivity index (χ3n) is 4.66. The average Bonchev–Trinajstić information content (AvgIpc) is 3.41. The highest BCUT2D eigenvalue weighted by atomic mass is 32.1. The van der Waals surface area contributed by atoms with Crippen LogP contribution in [0.25, 0.3) is 0 Å². The molecule has 0 atom stereocenters. The van der Waals surface area contributed by atoms with Crippen LogP contribution in [0.2, 0.25) is 0 Å². The van der Waals surface area contributed by atoms with Gasteiger partial charge in [0.1, 0.15) is 6.26 Å². The summed E-state index contributed by atoms with van der Waals surface area (Å²) in [7, 11) is 3.05. The maximum absolute atomic E-state index is 13.1. The van der Waals surface area contributed by atoms with Crippen LogP contribution in [-0.2, 0) is 13.0 Å². The molecule has 0 unspecified atom stereocenters. The van der Waals surface area contributed by atoms with Crippen LogP contribution in [0.3, 0.4) is 0 Å². The maximum Gasteiger partial charge on any atom is 0.260 e. The second-order valence-electron chi connectivity index (χ2n) is 6.37. The van der Waals surface area contributed by atoms with Crippen LogP contribution in [0.15, 0.2) is 41.2 Å². The number of aromatic nitrogens is 1. The monoisotopic (exact) mass is 413 g/mol. The number of para-hydroxylation sites is 1. The topological polar surface area (TPSA) is 93.9 Å². The van der Waals surface area contributed by atoms with Gasteiger partial charge >= 0.3 is 0 Å². The summed E-state index contributed by atoms with van der Waals surface area (Å²) in [5.41, 5.74) is 1.78. The number of nitrogens with one attached hydrogen (secondary N) is 1. The molecule has 0 aliphatic carbocycles. The molecule has 1 aromatic carbocycles. The zero-order valence-corrected chi connectivity index (χ0v) is 16.7. The van der Waals surface area contributed by atoms with Gasteiger partial charge in [-0.3, -0.25) is 14.9 Å². The Labute approximate surface area is 171 Å². The third kappa shape index (κ3) is 3.68. The fourth-order valence-corrected chi connectivity index (χ4v) is 4.23.